The standard InChI is InChI=1S/C21H30N4O3S/c1-3-25-20(9-12-22-25)21(26)24-14-10-19(11-15-24)16-18-6-4-17(5-7-18)8-13-23-29(2,27)28/h4-7,9,12,19,23H,3,8,10-11,13-16H2,1-2H3. The largest absolute Gasteiger partial charge is 0.337 e. The highest BCUT2D eigenvalue weighted by atomic mass is 32.2. The van der Waals surface area contributed by atoms with Gasteiger partial charge < -0.3 is 4.90 Å². The summed E-state index contributed by atoms with van der Waals surface area (Å²) in [6.07, 6.45) is 6.56. The second-order valence-corrected chi connectivity index (χ2v) is 9.54. The maximum atomic E-state index is 12.7. The quantitative estimate of drug-likeness (QED) is 0.711. The lowest BCUT2D eigenvalue weighted by molar-refractivity contribution is 0.0678. The molecule has 1 aliphatic rings. The maximum absolute atomic E-state index is 12.7. The van der Waals surface area contributed by atoms with Gasteiger partial charge in [0.1, 0.15) is 5.69 Å². The first-order chi connectivity index (χ1) is 13.9. The van der Waals surface area contributed by atoms with E-state index in [0.29, 0.717) is 31.1 Å². The molecule has 0 saturated carbocycles. The van der Waals surface area contributed by atoms with Crippen molar-refractivity contribution in [3.63, 3.8) is 0 Å². The molecule has 2 heterocycles. The van der Waals surface area contributed by atoms with E-state index < -0.39 is 10.0 Å². The third-order valence-electron chi connectivity index (χ3n) is 5.46. The predicted octanol–water partition coefficient (Wildman–Crippen LogP) is 2.09. The zero-order valence-corrected chi connectivity index (χ0v) is 18.0. The fraction of sp³-hybridized carbons (Fsp3) is 0.524. The molecule has 1 aromatic carbocycles. The Morgan fingerprint density at radius 2 is 1.79 bits per heavy atom. The van der Waals surface area contributed by atoms with Gasteiger partial charge in [-0.3, -0.25) is 9.48 Å². The molecule has 0 bridgehead atoms. The Morgan fingerprint density at radius 1 is 1.14 bits per heavy atom. The molecule has 1 aromatic heterocycles. The molecular weight excluding hydrogens is 388 g/mol. The number of carbonyl (C=O) groups is 1. The highest BCUT2D eigenvalue weighted by Gasteiger charge is 2.25. The highest BCUT2D eigenvalue weighted by molar-refractivity contribution is 7.88. The van der Waals surface area contributed by atoms with Crippen LogP contribution in [0.25, 0.3) is 0 Å². The SMILES string of the molecule is CCn1nccc1C(=O)N1CCC(Cc2ccc(CCNS(C)(=O)=O)cc2)CC1. The number of piperidine rings is 1. The first kappa shape index (κ1) is 21.5. The molecule has 1 saturated heterocycles. The summed E-state index contributed by atoms with van der Waals surface area (Å²) in [5.41, 5.74) is 3.09. The minimum atomic E-state index is -3.13. The zero-order chi connectivity index (χ0) is 20.9. The van der Waals surface area contributed by atoms with Gasteiger partial charge in [-0.1, -0.05) is 24.3 Å². The van der Waals surface area contributed by atoms with E-state index in [2.05, 4.69) is 34.1 Å². The van der Waals surface area contributed by atoms with Crippen molar-refractivity contribution in [3.05, 3.63) is 53.3 Å². The fourth-order valence-electron chi connectivity index (χ4n) is 3.82. The van der Waals surface area contributed by atoms with Crippen LogP contribution in [0.1, 0.15) is 41.4 Å². The number of sulfonamides is 1. The van der Waals surface area contributed by atoms with E-state index in [-0.39, 0.29) is 5.91 Å². The van der Waals surface area contributed by atoms with Crippen LogP contribution in [-0.4, -0.2) is 54.9 Å². The number of nitrogens with one attached hydrogen (secondary N) is 1. The van der Waals surface area contributed by atoms with Crippen molar-refractivity contribution in [2.75, 3.05) is 25.9 Å². The Hall–Kier alpha value is -2.19. The van der Waals surface area contributed by atoms with E-state index in [1.807, 2.05) is 11.8 Å². The number of benzene rings is 1. The molecule has 0 aliphatic carbocycles. The van der Waals surface area contributed by atoms with E-state index >= 15 is 0 Å². The van der Waals surface area contributed by atoms with E-state index in [1.54, 1.807) is 16.9 Å². The Morgan fingerprint density at radius 3 is 2.41 bits per heavy atom. The monoisotopic (exact) mass is 418 g/mol. The van der Waals surface area contributed by atoms with Crippen LogP contribution < -0.4 is 4.72 Å². The van der Waals surface area contributed by atoms with Gasteiger partial charge in [0.15, 0.2) is 0 Å². The lowest BCUT2D eigenvalue weighted by Gasteiger charge is -2.32. The van der Waals surface area contributed by atoms with Gasteiger partial charge >= 0.3 is 0 Å². The molecule has 1 fully saturated rings. The van der Waals surface area contributed by atoms with Gasteiger partial charge in [-0.15, -0.1) is 0 Å². The van der Waals surface area contributed by atoms with E-state index in [4.69, 9.17) is 0 Å². The normalized spacial score (nSPS) is 15.6. The van der Waals surface area contributed by atoms with Gasteiger partial charge in [0.25, 0.3) is 5.91 Å². The van der Waals surface area contributed by atoms with Crippen LogP contribution in [0.4, 0.5) is 0 Å². The molecule has 0 atom stereocenters. The van der Waals surface area contributed by atoms with E-state index in [9.17, 15) is 13.2 Å². The third kappa shape index (κ3) is 6.14. The van der Waals surface area contributed by atoms with Crippen molar-refractivity contribution in [1.29, 1.82) is 0 Å². The minimum Gasteiger partial charge on any atom is -0.337 e. The summed E-state index contributed by atoms with van der Waals surface area (Å²) < 4.78 is 26.5. The molecule has 1 N–H and O–H groups in total. The van der Waals surface area contributed by atoms with Crippen molar-refractivity contribution in [2.24, 2.45) is 5.92 Å². The predicted molar refractivity (Wildman–Crippen MR) is 113 cm³/mol. The van der Waals surface area contributed by atoms with E-state index in [1.165, 1.54) is 11.8 Å². The van der Waals surface area contributed by atoms with Gasteiger partial charge in [-0.25, -0.2) is 13.1 Å². The average Bonchev–Trinajstić information content (AvgIpc) is 3.17. The Labute approximate surface area is 173 Å². The van der Waals surface area contributed by atoms with Crippen molar-refractivity contribution < 1.29 is 13.2 Å². The number of carbonyl (C=O) groups excluding carboxylic acids is 1. The summed E-state index contributed by atoms with van der Waals surface area (Å²) in [6.45, 7) is 4.68. The summed E-state index contributed by atoms with van der Waals surface area (Å²) in [5, 5.41) is 4.19. The van der Waals surface area contributed by atoms with Crippen molar-refractivity contribution in [1.82, 2.24) is 19.4 Å². The van der Waals surface area contributed by atoms with Crippen molar-refractivity contribution >= 4 is 15.9 Å². The van der Waals surface area contributed by atoms with Crippen LogP contribution in [0, 0.1) is 5.92 Å². The number of likely N-dealkylation sites (tertiary alicyclic amines) is 1. The molecular formula is C21H30N4O3S. The molecule has 3 rings (SSSR count). The van der Waals surface area contributed by atoms with Gasteiger partial charge in [0.2, 0.25) is 10.0 Å². The number of aromatic nitrogens is 2. The molecule has 158 valence electrons. The van der Waals surface area contributed by atoms with Crippen LogP contribution in [0.2, 0.25) is 0 Å². The summed E-state index contributed by atoms with van der Waals surface area (Å²) in [4.78, 5) is 14.7. The number of amides is 1. The third-order valence-corrected chi connectivity index (χ3v) is 6.19. The number of hydrogen-bond donors (Lipinski definition) is 1. The Balaban J connectivity index is 1.46. The zero-order valence-electron chi connectivity index (χ0n) is 17.2. The molecule has 29 heavy (non-hydrogen) atoms. The molecule has 2 aromatic rings. The molecule has 1 amide bonds. The number of rotatable bonds is 8. The van der Waals surface area contributed by atoms with Crippen molar-refractivity contribution in [2.45, 2.75) is 39.2 Å². The number of hydrogen-bond acceptors (Lipinski definition) is 4. The van der Waals surface area contributed by atoms with Crippen LogP contribution in [-0.2, 0) is 29.4 Å². The molecule has 0 spiro atoms. The Kier molecular flexibility index (Phi) is 7.08. The van der Waals surface area contributed by atoms with Crippen LogP contribution in [0.3, 0.4) is 0 Å². The first-order valence-corrected chi connectivity index (χ1v) is 12.1. The van der Waals surface area contributed by atoms with Crippen LogP contribution in [0.15, 0.2) is 36.5 Å². The summed E-state index contributed by atoms with van der Waals surface area (Å²) in [7, 11) is -3.13. The molecule has 0 unspecified atom stereocenters. The lowest BCUT2D eigenvalue weighted by atomic mass is 9.89. The van der Waals surface area contributed by atoms with Gasteiger partial charge in [-0.05, 0) is 55.7 Å². The minimum absolute atomic E-state index is 0.0786. The summed E-state index contributed by atoms with van der Waals surface area (Å²) >= 11 is 0. The van der Waals surface area contributed by atoms with E-state index in [0.717, 1.165) is 37.9 Å². The van der Waals surface area contributed by atoms with Crippen LogP contribution in [0.5, 0.6) is 0 Å². The second-order valence-electron chi connectivity index (χ2n) is 7.70. The topological polar surface area (TPSA) is 84.3 Å². The number of nitrogens with zero attached hydrogens (tertiary/aromatic N) is 3. The highest BCUT2D eigenvalue weighted by Crippen LogP contribution is 2.23. The maximum Gasteiger partial charge on any atom is 0.272 e. The van der Waals surface area contributed by atoms with Crippen molar-refractivity contribution in [3.8, 4) is 0 Å². The average molecular weight is 419 g/mol. The molecule has 7 nitrogen and oxygen atoms in total. The first-order valence-electron chi connectivity index (χ1n) is 10.2. The van der Waals surface area contributed by atoms with Gasteiger partial charge in [0, 0.05) is 32.4 Å². The molecule has 8 heteroatoms. The summed E-state index contributed by atoms with van der Waals surface area (Å²) in [5.74, 6) is 0.655. The molecule has 1 aliphatic heterocycles. The molecule has 0 radical (unpaired) electrons. The summed E-state index contributed by atoms with van der Waals surface area (Å²) in [6, 6.07) is 10.2. The van der Waals surface area contributed by atoms with Gasteiger partial charge in [0.05, 0.1) is 6.26 Å². The smallest absolute Gasteiger partial charge is 0.272 e. The lowest BCUT2D eigenvalue weighted by Crippen LogP contribution is -2.39. The van der Waals surface area contributed by atoms with Crippen LogP contribution >= 0.6 is 0 Å². The second kappa shape index (κ2) is 9.54. The van der Waals surface area contributed by atoms with Gasteiger partial charge in [-0.2, -0.15) is 5.10 Å². The number of aryl methyl sites for hydroxylation is 1. The fourth-order valence-corrected chi connectivity index (χ4v) is 4.30. The Bertz CT molecular complexity index is 914.